The second-order valence-corrected chi connectivity index (χ2v) is 11.6. The van der Waals surface area contributed by atoms with E-state index in [9.17, 15) is 22.8 Å². The molecule has 0 aliphatic rings. The standard InChI is InChI=1S/C25H34N6O7S/c1-3-4-12-38-24-28-22(26)21-23(29-24)31(25(35)27-21)11-6-10-30(19(32)9-13-39(2,36)37)16-18-8-5-7-17(14-18)15-20(33)34/h5,7-8,14H,3-4,6,9-13,15-16H2,1-2H3,(H,27,35)(H,33,34)(H2,26,28,29). The summed E-state index contributed by atoms with van der Waals surface area (Å²) in [5.41, 5.74) is 7.44. The molecule has 39 heavy (non-hydrogen) atoms. The van der Waals surface area contributed by atoms with Crippen molar-refractivity contribution in [3.05, 3.63) is 45.9 Å². The van der Waals surface area contributed by atoms with Gasteiger partial charge in [0.15, 0.2) is 11.5 Å². The number of carbonyl (C=O) groups is 2. The molecule has 14 heteroatoms. The van der Waals surface area contributed by atoms with E-state index in [1.165, 1.54) is 9.47 Å². The van der Waals surface area contributed by atoms with E-state index in [0.29, 0.717) is 29.7 Å². The summed E-state index contributed by atoms with van der Waals surface area (Å²) in [5.74, 6) is -1.55. The quantitative estimate of drug-likeness (QED) is 0.228. The summed E-state index contributed by atoms with van der Waals surface area (Å²) in [7, 11) is -3.35. The number of carbonyl (C=O) groups excluding carboxylic acids is 1. The summed E-state index contributed by atoms with van der Waals surface area (Å²) < 4.78 is 30.2. The Morgan fingerprint density at radius 2 is 1.95 bits per heavy atom. The van der Waals surface area contributed by atoms with Crippen molar-refractivity contribution in [1.82, 2.24) is 24.4 Å². The number of ether oxygens (including phenoxy) is 1. The highest BCUT2D eigenvalue weighted by molar-refractivity contribution is 7.90. The number of benzene rings is 1. The van der Waals surface area contributed by atoms with Gasteiger partial charge >= 0.3 is 17.7 Å². The normalized spacial score (nSPS) is 11.5. The zero-order valence-corrected chi connectivity index (χ0v) is 22.9. The van der Waals surface area contributed by atoms with Gasteiger partial charge in [-0.3, -0.25) is 14.2 Å². The zero-order chi connectivity index (χ0) is 28.6. The van der Waals surface area contributed by atoms with Gasteiger partial charge in [0.25, 0.3) is 0 Å². The number of nitrogen functional groups attached to an aromatic ring is 1. The third kappa shape index (κ3) is 8.80. The number of aliphatic carboxylic acids is 1. The molecule has 0 fully saturated rings. The van der Waals surface area contributed by atoms with E-state index in [2.05, 4.69) is 15.0 Å². The van der Waals surface area contributed by atoms with Gasteiger partial charge in [0.05, 0.1) is 18.8 Å². The topological polar surface area (TPSA) is 191 Å². The molecule has 0 atom stereocenters. The number of carboxylic acids is 1. The van der Waals surface area contributed by atoms with Crippen LogP contribution in [-0.4, -0.2) is 75.0 Å². The van der Waals surface area contributed by atoms with E-state index < -0.39 is 21.5 Å². The van der Waals surface area contributed by atoms with Crippen LogP contribution in [0, 0.1) is 0 Å². The van der Waals surface area contributed by atoms with E-state index in [0.717, 1.165) is 19.1 Å². The zero-order valence-electron chi connectivity index (χ0n) is 22.1. The molecule has 2 heterocycles. The molecular weight excluding hydrogens is 528 g/mol. The van der Waals surface area contributed by atoms with Gasteiger partial charge in [-0.05, 0) is 24.0 Å². The number of imidazole rings is 1. The summed E-state index contributed by atoms with van der Waals surface area (Å²) in [6.07, 6.45) is 2.80. The summed E-state index contributed by atoms with van der Waals surface area (Å²) in [4.78, 5) is 49.3. The van der Waals surface area contributed by atoms with Gasteiger partial charge in [0.1, 0.15) is 15.4 Å². The van der Waals surface area contributed by atoms with E-state index in [-0.39, 0.29) is 61.6 Å². The Morgan fingerprint density at radius 1 is 1.21 bits per heavy atom. The van der Waals surface area contributed by atoms with Crippen molar-refractivity contribution in [2.75, 3.05) is 30.9 Å². The third-order valence-electron chi connectivity index (χ3n) is 5.93. The molecule has 2 aromatic heterocycles. The number of aromatic nitrogens is 4. The van der Waals surface area contributed by atoms with Crippen LogP contribution in [-0.2, 0) is 38.9 Å². The number of aryl methyl sites for hydroxylation is 1. The summed E-state index contributed by atoms with van der Waals surface area (Å²) in [5, 5.41) is 9.09. The maximum absolute atomic E-state index is 13.0. The molecule has 1 aromatic carbocycles. The molecule has 4 N–H and O–H groups in total. The predicted molar refractivity (Wildman–Crippen MR) is 145 cm³/mol. The number of nitrogens with zero attached hydrogens (tertiary/aromatic N) is 4. The van der Waals surface area contributed by atoms with Crippen molar-refractivity contribution >= 4 is 38.7 Å². The van der Waals surface area contributed by atoms with Crippen molar-refractivity contribution < 1.29 is 27.9 Å². The maximum atomic E-state index is 13.0. The van der Waals surface area contributed by atoms with Crippen LogP contribution in [0.4, 0.5) is 5.82 Å². The van der Waals surface area contributed by atoms with Gasteiger partial charge in [-0.2, -0.15) is 9.97 Å². The van der Waals surface area contributed by atoms with Crippen LogP contribution in [0.5, 0.6) is 6.01 Å². The number of fused-ring (bicyclic) bond motifs is 1. The van der Waals surface area contributed by atoms with Gasteiger partial charge in [-0.25, -0.2) is 13.2 Å². The fourth-order valence-corrected chi connectivity index (χ4v) is 4.53. The molecule has 0 unspecified atom stereocenters. The summed E-state index contributed by atoms with van der Waals surface area (Å²) in [6, 6.07) is 6.94. The molecule has 3 rings (SSSR count). The number of sulfone groups is 1. The minimum Gasteiger partial charge on any atom is -0.481 e. The lowest BCUT2D eigenvalue weighted by atomic mass is 10.1. The van der Waals surface area contributed by atoms with Crippen LogP contribution < -0.4 is 16.2 Å². The average molecular weight is 563 g/mol. The number of nitrogens with two attached hydrogens (primary N) is 1. The average Bonchev–Trinajstić information content (AvgIpc) is 3.17. The van der Waals surface area contributed by atoms with Crippen LogP contribution >= 0.6 is 0 Å². The molecule has 1 amide bonds. The van der Waals surface area contributed by atoms with E-state index >= 15 is 0 Å². The number of hydrogen-bond acceptors (Lipinski definition) is 9. The first-order valence-electron chi connectivity index (χ1n) is 12.6. The molecule has 0 aliphatic heterocycles. The first kappa shape index (κ1) is 29.6. The predicted octanol–water partition coefficient (Wildman–Crippen LogP) is 1.36. The third-order valence-corrected chi connectivity index (χ3v) is 6.87. The van der Waals surface area contributed by atoms with Crippen LogP contribution in [0.2, 0.25) is 0 Å². The number of unbranched alkanes of at least 4 members (excludes halogenated alkanes) is 1. The molecule has 212 valence electrons. The van der Waals surface area contributed by atoms with E-state index in [1.807, 2.05) is 6.92 Å². The second kappa shape index (κ2) is 13.2. The largest absolute Gasteiger partial charge is 0.481 e. The number of aromatic amines is 1. The Morgan fingerprint density at radius 3 is 2.64 bits per heavy atom. The van der Waals surface area contributed by atoms with Gasteiger partial charge < -0.3 is 25.5 Å². The summed E-state index contributed by atoms with van der Waals surface area (Å²) >= 11 is 0. The molecule has 13 nitrogen and oxygen atoms in total. The first-order valence-corrected chi connectivity index (χ1v) is 14.7. The van der Waals surface area contributed by atoms with Crippen molar-refractivity contribution in [2.24, 2.45) is 0 Å². The number of rotatable bonds is 15. The smallest absolute Gasteiger partial charge is 0.327 e. The Labute approximate surface area is 225 Å². The van der Waals surface area contributed by atoms with E-state index in [1.54, 1.807) is 24.3 Å². The number of anilines is 1. The van der Waals surface area contributed by atoms with Crippen LogP contribution in [0.1, 0.15) is 43.7 Å². The minimum atomic E-state index is -3.35. The Bertz CT molecular complexity index is 1480. The molecule has 0 saturated carbocycles. The highest BCUT2D eigenvalue weighted by atomic mass is 32.2. The highest BCUT2D eigenvalue weighted by Crippen LogP contribution is 2.18. The van der Waals surface area contributed by atoms with Crippen molar-refractivity contribution in [2.45, 2.75) is 52.1 Å². The van der Waals surface area contributed by atoms with Gasteiger partial charge in [0, 0.05) is 32.3 Å². The first-order chi connectivity index (χ1) is 18.5. The molecule has 0 bridgehead atoms. The Balaban J connectivity index is 1.78. The van der Waals surface area contributed by atoms with Crippen molar-refractivity contribution in [3.63, 3.8) is 0 Å². The second-order valence-electron chi connectivity index (χ2n) is 9.31. The molecule has 3 aromatic rings. The van der Waals surface area contributed by atoms with Crippen LogP contribution in [0.15, 0.2) is 29.1 Å². The SMILES string of the molecule is CCCCOc1nc(N)c2[nH]c(=O)n(CCCN(Cc3cccc(CC(=O)O)c3)C(=O)CCS(C)(=O)=O)c2n1. The van der Waals surface area contributed by atoms with E-state index in [4.69, 9.17) is 15.6 Å². The Hall–Kier alpha value is -3.94. The van der Waals surface area contributed by atoms with Gasteiger partial charge in [0.2, 0.25) is 5.91 Å². The van der Waals surface area contributed by atoms with Crippen LogP contribution in [0.3, 0.4) is 0 Å². The maximum Gasteiger partial charge on any atom is 0.327 e. The number of H-pyrrole nitrogens is 1. The highest BCUT2D eigenvalue weighted by Gasteiger charge is 2.19. The number of carboxylic acid groups (broad SMARTS) is 1. The monoisotopic (exact) mass is 562 g/mol. The fraction of sp³-hybridized carbons (Fsp3) is 0.480. The van der Waals surface area contributed by atoms with Crippen LogP contribution in [0.25, 0.3) is 11.2 Å². The molecule has 0 radical (unpaired) electrons. The lowest BCUT2D eigenvalue weighted by Crippen LogP contribution is -2.33. The number of amides is 1. The number of nitrogens with one attached hydrogen (secondary N) is 1. The minimum absolute atomic E-state index is 0.0695. The molecule has 0 saturated heterocycles. The van der Waals surface area contributed by atoms with Gasteiger partial charge in [-0.1, -0.05) is 37.6 Å². The van der Waals surface area contributed by atoms with Gasteiger partial charge in [-0.15, -0.1) is 0 Å². The summed E-state index contributed by atoms with van der Waals surface area (Å²) in [6.45, 7) is 3.00. The molecule has 0 spiro atoms. The Kier molecular flexibility index (Phi) is 10.0. The molecule has 0 aliphatic carbocycles. The van der Waals surface area contributed by atoms with Crippen molar-refractivity contribution in [1.29, 1.82) is 0 Å². The lowest BCUT2D eigenvalue weighted by molar-refractivity contribution is -0.136. The molecular formula is C25H34N6O7S. The lowest BCUT2D eigenvalue weighted by Gasteiger charge is -2.23. The number of hydrogen-bond donors (Lipinski definition) is 3. The van der Waals surface area contributed by atoms with Crippen molar-refractivity contribution in [3.8, 4) is 6.01 Å². The fourth-order valence-electron chi connectivity index (χ4n) is 3.99.